The molecule has 0 saturated heterocycles. The highest BCUT2D eigenvalue weighted by molar-refractivity contribution is 5.79. The van der Waals surface area contributed by atoms with Gasteiger partial charge in [0.2, 0.25) is 0 Å². The molecule has 1 aliphatic rings. The molecule has 0 aliphatic heterocycles. The monoisotopic (exact) mass is 405 g/mol. The SMILES string of the molecule is COc1ccc2nc(C(C)c3ccccc3)n(CC3CCCC(CN)C3)c(=O)c2c1. The Morgan fingerprint density at radius 2 is 1.93 bits per heavy atom. The van der Waals surface area contributed by atoms with Gasteiger partial charge >= 0.3 is 0 Å². The van der Waals surface area contributed by atoms with Crippen molar-refractivity contribution in [2.75, 3.05) is 13.7 Å². The summed E-state index contributed by atoms with van der Waals surface area (Å²) in [6.45, 7) is 3.56. The zero-order valence-corrected chi connectivity index (χ0v) is 17.9. The number of aromatic nitrogens is 2. The van der Waals surface area contributed by atoms with Crippen LogP contribution in [-0.4, -0.2) is 23.2 Å². The first-order chi connectivity index (χ1) is 14.6. The van der Waals surface area contributed by atoms with E-state index in [2.05, 4.69) is 19.1 Å². The molecule has 1 aliphatic carbocycles. The Kier molecular flexibility index (Phi) is 6.18. The van der Waals surface area contributed by atoms with Crippen LogP contribution in [0.1, 0.15) is 49.9 Å². The zero-order chi connectivity index (χ0) is 21.1. The van der Waals surface area contributed by atoms with E-state index in [-0.39, 0.29) is 11.5 Å². The molecule has 2 aromatic carbocycles. The van der Waals surface area contributed by atoms with Gasteiger partial charge in [0.1, 0.15) is 11.6 Å². The fraction of sp³-hybridized carbons (Fsp3) is 0.440. The molecule has 1 heterocycles. The van der Waals surface area contributed by atoms with E-state index in [0.717, 1.165) is 36.3 Å². The molecule has 30 heavy (non-hydrogen) atoms. The number of nitrogens with zero attached hydrogens (tertiary/aromatic N) is 2. The van der Waals surface area contributed by atoms with E-state index >= 15 is 0 Å². The van der Waals surface area contributed by atoms with E-state index in [1.807, 2.05) is 41.0 Å². The van der Waals surface area contributed by atoms with E-state index in [1.165, 1.54) is 12.8 Å². The van der Waals surface area contributed by atoms with Crippen LogP contribution in [0.3, 0.4) is 0 Å². The number of methoxy groups -OCH3 is 1. The van der Waals surface area contributed by atoms with Crippen molar-refractivity contribution in [1.82, 2.24) is 9.55 Å². The van der Waals surface area contributed by atoms with E-state index in [9.17, 15) is 4.79 Å². The average Bonchev–Trinajstić information content (AvgIpc) is 2.80. The van der Waals surface area contributed by atoms with Crippen LogP contribution in [0, 0.1) is 11.8 Å². The van der Waals surface area contributed by atoms with Gasteiger partial charge < -0.3 is 10.5 Å². The summed E-state index contributed by atoms with van der Waals surface area (Å²) in [4.78, 5) is 18.6. The molecule has 0 radical (unpaired) electrons. The second-order valence-corrected chi connectivity index (χ2v) is 8.54. The Morgan fingerprint density at radius 3 is 2.67 bits per heavy atom. The summed E-state index contributed by atoms with van der Waals surface area (Å²) in [5.74, 6) is 2.55. The van der Waals surface area contributed by atoms with Crippen molar-refractivity contribution in [2.24, 2.45) is 17.6 Å². The molecule has 3 unspecified atom stereocenters. The molecule has 5 nitrogen and oxygen atoms in total. The van der Waals surface area contributed by atoms with Crippen LogP contribution < -0.4 is 16.0 Å². The Bertz CT molecular complexity index is 1060. The van der Waals surface area contributed by atoms with Crippen LogP contribution in [0.5, 0.6) is 5.75 Å². The lowest BCUT2D eigenvalue weighted by Gasteiger charge is -2.30. The highest BCUT2D eigenvalue weighted by Gasteiger charge is 2.25. The third-order valence-electron chi connectivity index (χ3n) is 6.54. The molecule has 158 valence electrons. The first-order valence-electron chi connectivity index (χ1n) is 10.9. The third kappa shape index (κ3) is 4.12. The molecule has 0 spiro atoms. The average molecular weight is 406 g/mol. The minimum absolute atomic E-state index is 0.0200. The van der Waals surface area contributed by atoms with E-state index in [1.54, 1.807) is 7.11 Å². The van der Waals surface area contributed by atoms with Gasteiger partial charge in [0.05, 0.1) is 18.0 Å². The summed E-state index contributed by atoms with van der Waals surface area (Å²) in [6.07, 6.45) is 4.60. The molecule has 2 N–H and O–H groups in total. The van der Waals surface area contributed by atoms with Gasteiger partial charge in [-0.15, -0.1) is 0 Å². The first-order valence-corrected chi connectivity index (χ1v) is 10.9. The van der Waals surface area contributed by atoms with Gasteiger partial charge in [-0.05, 0) is 61.4 Å². The molecular weight excluding hydrogens is 374 g/mol. The van der Waals surface area contributed by atoms with Gasteiger partial charge in [-0.3, -0.25) is 9.36 Å². The normalized spacial score (nSPS) is 20.2. The first kappa shape index (κ1) is 20.6. The summed E-state index contributed by atoms with van der Waals surface area (Å²) in [5, 5.41) is 0.615. The highest BCUT2D eigenvalue weighted by Crippen LogP contribution is 2.31. The fourth-order valence-electron chi connectivity index (χ4n) is 4.78. The standard InChI is InChI=1S/C25H31N3O2/c1-17(20-9-4-3-5-10-20)24-27-23-12-11-21(30-2)14-22(23)25(29)28(24)16-19-8-6-7-18(13-19)15-26/h3-5,9-12,14,17-19H,6-8,13,15-16,26H2,1-2H3. The van der Waals surface area contributed by atoms with Gasteiger partial charge in [0.15, 0.2) is 0 Å². The van der Waals surface area contributed by atoms with Crippen LogP contribution in [0.4, 0.5) is 0 Å². The van der Waals surface area contributed by atoms with Crippen molar-refractivity contribution in [1.29, 1.82) is 0 Å². The summed E-state index contributed by atoms with van der Waals surface area (Å²) in [6, 6.07) is 15.8. The predicted octanol–water partition coefficient (Wildman–Crippen LogP) is 4.32. The molecule has 0 amide bonds. The molecule has 1 aromatic heterocycles. The zero-order valence-electron chi connectivity index (χ0n) is 17.9. The number of nitrogens with two attached hydrogens (primary N) is 1. The number of hydrogen-bond acceptors (Lipinski definition) is 4. The Hall–Kier alpha value is -2.66. The minimum Gasteiger partial charge on any atom is -0.497 e. The fourth-order valence-corrected chi connectivity index (χ4v) is 4.78. The molecule has 3 atom stereocenters. The highest BCUT2D eigenvalue weighted by atomic mass is 16.5. The van der Waals surface area contributed by atoms with Crippen LogP contribution in [0.15, 0.2) is 53.3 Å². The minimum atomic E-state index is 0.0200. The van der Waals surface area contributed by atoms with Crippen LogP contribution >= 0.6 is 0 Å². The summed E-state index contributed by atoms with van der Waals surface area (Å²) in [7, 11) is 1.62. The molecule has 1 fully saturated rings. The van der Waals surface area contributed by atoms with Crippen molar-refractivity contribution < 1.29 is 4.74 Å². The predicted molar refractivity (Wildman–Crippen MR) is 121 cm³/mol. The smallest absolute Gasteiger partial charge is 0.261 e. The van der Waals surface area contributed by atoms with Gasteiger partial charge in [-0.2, -0.15) is 0 Å². The lowest BCUT2D eigenvalue weighted by Crippen LogP contribution is -2.32. The van der Waals surface area contributed by atoms with Gasteiger partial charge in [-0.25, -0.2) is 4.98 Å². The van der Waals surface area contributed by atoms with Crippen molar-refractivity contribution in [3.8, 4) is 5.75 Å². The second-order valence-electron chi connectivity index (χ2n) is 8.54. The number of fused-ring (bicyclic) bond motifs is 1. The summed E-state index contributed by atoms with van der Waals surface area (Å²) < 4.78 is 7.27. The molecule has 3 aromatic rings. The molecular formula is C25H31N3O2. The Morgan fingerprint density at radius 1 is 1.17 bits per heavy atom. The topological polar surface area (TPSA) is 70.1 Å². The van der Waals surface area contributed by atoms with Gasteiger partial charge in [0.25, 0.3) is 5.56 Å². The van der Waals surface area contributed by atoms with E-state index < -0.39 is 0 Å². The second kappa shape index (κ2) is 9.00. The number of hydrogen-bond donors (Lipinski definition) is 1. The quantitative estimate of drug-likeness (QED) is 0.663. The molecule has 4 rings (SSSR count). The Labute approximate surface area is 177 Å². The number of rotatable bonds is 6. The van der Waals surface area contributed by atoms with E-state index in [0.29, 0.717) is 29.5 Å². The maximum Gasteiger partial charge on any atom is 0.261 e. The number of benzene rings is 2. The molecule has 0 bridgehead atoms. The molecule has 1 saturated carbocycles. The van der Waals surface area contributed by atoms with Crippen molar-refractivity contribution in [3.63, 3.8) is 0 Å². The lowest BCUT2D eigenvalue weighted by atomic mass is 9.81. The largest absolute Gasteiger partial charge is 0.497 e. The van der Waals surface area contributed by atoms with Crippen LogP contribution in [0.2, 0.25) is 0 Å². The third-order valence-corrected chi connectivity index (χ3v) is 6.54. The maximum atomic E-state index is 13.6. The number of ether oxygens (including phenoxy) is 1. The maximum absolute atomic E-state index is 13.6. The van der Waals surface area contributed by atoms with Gasteiger partial charge in [-0.1, -0.05) is 43.7 Å². The summed E-state index contributed by atoms with van der Waals surface area (Å²) in [5.41, 5.74) is 7.86. The van der Waals surface area contributed by atoms with Crippen molar-refractivity contribution in [2.45, 2.75) is 45.1 Å². The van der Waals surface area contributed by atoms with Crippen LogP contribution in [0.25, 0.3) is 10.9 Å². The molecule has 5 heteroatoms. The van der Waals surface area contributed by atoms with Crippen molar-refractivity contribution >= 4 is 10.9 Å². The van der Waals surface area contributed by atoms with Crippen molar-refractivity contribution in [3.05, 3.63) is 70.3 Å². The summed E-state index contributed by atoms with van der Waals surface area (Å²) >= 11 is 0. The lowest BCUT2D eigenvalue weighted by molar-refractivity contribution is 0.243. The van der Waals surface area contributed by atoms with E-state index in [4.69, 9.17) is 15.5 Å². The van der Waals surface area contributed by atoms with Gasteiger partial charge in [0, 0.05) is 12.5 Å². The Balaban J connectivity index is 1.81. The van der Waals surface area contributed by atoms with Crippen LogP contribution in [-0.2, 0) is 6.54 Å².